The van der Waals surface area contributed by atoms with E-state index in [1.807, 2.05) is 25.1 Å². The van der Waals surface area contributed by atoms with E-state index in [0.29, 0.717) is 38.3 Å². The maximum absolute atomic E-state index is 12.9. The molecular formula is C20H31N3O3. The number of benzene rings is 1. The van der Waals surface area contributed by atoms with Crippen LogP contribution in [0, 0.1) is 5.92 Å². The number of carbonyl (C=O) groups excluding carboxylic acids is 2. The van der Waals surface area contributed by atoms with Gasteiger partial charge in [0, 0.05) is 19.0 Å². The Bertz CT molecular complexity index is 612. The molecule has 0 radical (unpaired) electrons. The number of nitrogens with two attached hydrogens (primary N) is 1. The molecule has 0 aromatic heterocycles. The molecule has 1 saturated heterocycles. The number of para-hydroxylation sites is 1. The van der Waals surface area contributed by atoms with Crippen molar-refractivity contribution in [2.45, 2.75) is 58.5 Å². The van der Waals surface area contributed by atoms with Crippen molar-refractivity contribution < 1.29 is 14.3 Å². The maximum atomic E-state index is 12.9. The van der Waals surface area contributed by atoms with Crippen LogP contribution in [0.25, 0.3) is 0 Å². The van der Waals surface area contributed by atoms with Crippen LogP contribution in [-0.4, -0.2) is 35.9 Å². The van der Waals surface area contributed by atoms with Gasteiger partial charge in [-0.25, -0.2) is 5.84 Å². The Morgan fingerprint density at radius 2 is 1.88 bits per heavy atom. The van der Waals surface area contributed by atoms with Crippen molar-refractivity contribution >= 4 is 11.8 Å². The minimum absolute atomic E-state index is 0.00180. The van der Waals surface area contributed by atoms with Gasteiger partial charge in [0.05, 0.1) is 0 Å². The predicted molar refractivity (Wildman–Crippen MR) is 101 cm³/mol. The number of nitrogens with zero attached hydrogens (tertiary/aromatic N) is 1. The molecule has 6 heteroatoms. The zero-order valence-corrected chi connectivity index (χ0v) is 16.0. The second-order valence-corrected chi connectivity index (χ2v) is 6.97. The number of nitrogens with one attached hydrogen (secondary N) is 1. The summed E-state index contributed by atoms with van der Waals surface area (Å²) in [6.45, 7) is 7.39. The molecule has 1 heterocycles. The Balaban J connectivity index is 2.03. The van der Waals surface area contributed by atoms with Crippen molar-refractivity contribution in [2.75, 3.05) is 13.1 Å². The summed E-state index contributed by atoms with van der Waals surface area (Å²) >= 11 is 0. The quantitative estimate of drug-likeness (QED) is 0.444. The van der Waals surface area contributed by atoms with E-state index in [-0.39, 0.29) is 17.7 Å². The van der Waals surface area contributed by atoms with Crippen LogP contribution in [0.15, 0.2) is 24.3 Å². The standard InChI is InChI=1S/C20H31N3O3/c1-4-14(3)16-8-6-7-9-18(16)26-17(5-2)20(25)23-12-10-15(11-13-23)19(24)22-21/h6-9,14-15,17H,4-5,10-13,21H2,1-3H3,(H,22,24). The molecule has 1 aliphatic heterocycles. The van der Waals surface area contributed by atoms with Gasteiger partial charge in [0.2, 0.25) is 5.91 Å². The molecule has 2 unspecified atom stereocenters. The molecule has 0 aliphatic carbocycles. The molecule has 26 heavy (non-hydrogen) atoms. The zero-order valence-electron chi connectivity index (χ0n) is 16.0. The average Bonchev–Trinajstić information content (AvgIpc) is 2.70. The van der Waals surface area contributed by atoms with Gasteiger partial charge in [0.15, 0.2) is 6.10 Å². The zero-order chi connectivity index (χ0) is 19.1. The average molecular weight is 361 g/mol. The second kappa shape index (κ2) is 9.57. The first-order valence-electron chi connectivity index (χ1n) is 9.56. The Kier molecular flexibility index (Phi) is 7.45. The smallest absolute Gasteiger partial charge is 0.263 e. The third-order valence-electron chi connectivity index (χ3n) is 5.30. The fraction of sp³-hybridized carbons (Fsp3) is 0.600. The molecule has 6 nitrogen and oxygen atoms in total. The first-order valence-corrected chi connectivity index (χ1v) is 9.56. The number of hydrazine groups is 1. The van der Waals surface area contributed by atoms with Gasteiger partial charge in [0.1, 0.15) is 5.75 Å². The highest BCUT2D eigenvalue weighted by molar-refractivity contribution is 5.82. The van der Waals surface area contributed by atoms with Crippen LogP contribution in [-0.2, 0) is 9.59 Å². The lowest BCUT2D eigenvalue weighted by atomic mass is 9.95. The normalized spacial score (nSPS) is 17.5. The number of amides is 2. The minimum atomic E-state index is -0.500. The van der Waals surface area contributed by atoms with Gasteiger partial charge < -0.3 is 9.64 Å². The Morgan fingerprint density at radius 1 is 1.23 bits per heavy atom. The number of piperidine rings is 1. The van der Waals surface area contributed by atoms with Gasteiger partial charge in [-0.1, -0.05) is 39.0 Å². The van der Waals surface area contributed by atoms with Crippen LogP contribution < -0.4 is 16.0 Å². The van der Waals surface area contributed by atoms with Gasteiger partial charge in [0.25, 0.3) is 5.91 Å². The molecule has 1 aromatic carbocycles. The van der Waals surface area contributed by atoms with Crippen molar-refractivity contribution in [3.05, 3.63) is 29.8 Å². The summed E-state index contributed by atoms with van der Waals surface area (Å²) < 4.78 is 6.14. The number of rotatable bonds is 7. The molecule has 3 N–H and O–H groups in total. The van der Waals surface area contributed by atoms with Crippen LogP contribution in [0.2, 0.25) is 0 Å². The molecule has 1 aliphatic rings. The molecule has 0 spiro atoms. The molecule has 0 bridgehead atoms. The van der Waals surface area contributed by atoms with E-state index in [4.69, 9.17) is 10.6 Å². The monoisotopic (exact) mass is 361 g/mol. The largest absolute Gasteiger partial charge is 0.480 e. The lowest BCUT2D eigenvalue weighted by Crippen LogP contribution is -2.48. The van der Waals surface area contributed by atoms with Crippen molar-refractivity contribution in [1.29, 1.82) is 0 Å². The highest BCUT2D eigenvalue weighted by Gasteiger charge is 2.31. The molecule has 144 valence electrons. The van der Waals surface area contributed by atoms with E-state index in [1.165, 1.54) is 0 Å². The summed E-state index contributed by atoms with van der Waals surface area (Å²) in [5.41, 5.74) is 3.34. The summed E-state index contributed by atoms with van der Waals surface area (Å²) in [6.07, 6.45) is 2.39. The van der Waals surface area contributed by atoms with Gasteiger partial charge in [-0.3, -0.25) is 15.0 Å². The molecule has 2 amide bonds. The molecule has 2 atom stereocenters. The van der Waals surface area contributed by atoms with Crippen LogP contribution >= 0.6 is 0 Å². The first-order chi connectivity index (χ1) is 12.5. The second-order valence-electron chi connectivity index (χ2n) is 6.97. The summed E-state index contributed by atoms with van der Waals surface area (Å²) in [4.78, 5) is 26.4. The maximum Gasteiger partial charge on any atom is 0.263 e. The fourth-order valence-corrected chi connectivity index (χ4v) is 3.36. The van der Waals surface area contributed by atoms with E-state index < -0.39 is 6.10 Å². The molecule has 0 saturated carbocycles. The number of hydrogen-bond acceptors (Lipinski definition) is 4. The van der Waals surface area contributed by atoms with Crippen molar-refractivity contribution in [1.82, 2.24) is 10.3 Å². The van der Waals surface area contributed by atoms with E-state index in [2.05, 4.69) is 25.3 Å². The third-order valence-corrected chi connectivity index (χ3v) is 5.30. The number of ether oxygens (including phenoxy) is 1. The summed E-state index contributed by atoms with van der Waals surface area (Å²) in [6, 6.07) is 7.95. The van der Waals surface area contributed by atoms with Crippen LogP contribution in [0.5, 0.6) is 5.75 Å². The Morgan fingerprint density at radius 3 is 2.46 bits per heavy atom. The highest BCUT2D eigenvalue weighted by Crippen LogP contribution is 2.30. The lowest BCUT2D eigenvalue weighted by molar-refractivity contribution is -0.142. The van der Waals surface area contributed by atoms with Gasteiger partial charge >= 0.3 is 0 Å². The Hall–Kier alpha value is -2.08. The van der Waals surface area contributed by atoms with Crippen molar-refractivity contribution in [3.8, 4) is 5.75 Å². The fourth-order valence-electron chi connectivity index (χ4n) is 3.36. The van der Waals surface area contributed by atoms with Crippen LogP contribution in [0.3, 0.4) is 0 Å². The molecular weight excluding hydrogens is 330 g/mol. The molecule has 2 rings (SSSR count). The van der Waals surface area contributed by atoms with Gasteiger partial charge in [-0.05, 0) is 43.2 Å². The number of carbonyl (C=O) groups is 2. The van der Waals surface area contributed by atoms with E-state index in [1.54, 1.807) is 4.90 Å². The summed E-state index contributed by atoms with van der Waals surface area (Å²) in [7, 11) is 0. The van der Waals surface area contributed by atoms with Crippen molar-refractivity contribution in [3.63, 3.8) is 0 Å². The summed E-state index contributed by atoms with van der Waals surface area (Å²) in [5, 5.41) is 0. The SMILES string of the molecule is CCC(Oc1ccccc1C(C)CC)C(=O)N1CCC(C(=O)NN)CC1. The molecule has 1 fully saturated rings. The predicted octanol–water partition coefficient (Wildman–Crippen LogP) is 2.59. The summed E-state index contributed by atoms with van der Waals surface area (Å²) in [5.74, 6) is 6.11. The van der Waals surface area contributed by atoms with Crippen LogP contribution in [0.4, 0.5) is 0 Å². The van der Waals surface area contributed by atoms with Gasteiger partial charge in [-0.2, -0.15) is 0 Å². The number of hydrogen-bond donors (Lipinski definition) is 2. The van der Waals surface area contributed by atoms with E-state index in [9.17, 15) is 9.59 Å². The highest BCUT2D eigenvalue weighted by atomic mass is 16.5. The van der Waals surface area contributed by atoms with E-state index >= 15 is 0 Å². The topological polar surface area (TPSA) is 84.7 Å². The first kappa shape index (κ1) is 20.2. The van der Waals surface area contributed by atoms with E-state index in [0.717, 1.165) is 17.7 Å². The molecule has 1 aromatic rings. The van der Waals surface area contributed by atoms with Gasteiger partial charge in [-0.15, -0.1) is 0 Å². The third kappa shape index (κ3) is 4.75. The lowest BCUT2D eigenvalue weighted by Gasteiger charge is -2.33. The number of likely N-dealkylation sites (tertiary alicyclic amines) is 1. The minimum Gasteiger partial charge on any atom is -0.480 e. The van der Waals surface area contributed by atoms with Crippen LogP contribution in [0.1, 0.15) is 57.9 Å². The Labute approximate surface area is 156 Å². The van der Waals surface area contributed by atoms with Crippen molar-refractivity contribution in [2.24, 2.45) is 11.8 Å².